The van der Waals surface area contributed by atoms with E-state index in [9.17, 15) is 9.36 Å². The fourth-order valence-electron chi connectivity index (χ4n) is 1.21. The predicted molar refractivity (Wildman–Crippen MR) is 62.8 cm³/mol. The zero-order chi connectivity index (χ0) is 12.9. The molecular weight excluding hydrogens is 241 g/mol. The van der Waals surface area contributed by atoms with Gasteiger partial charge in [-0.1, -0.05) is 18.2 Å². The van der Waals surface area contributed by atoms with Crippen LogP contribution in [0.1, 0.15) is 6.92 Å². The maximum atomic E-state index is 11.4. The second-order valence-corrected chi connectivity index (χ2v) is 4.38. The van der Waals surface area contributed by atoms with Gasteiger partial charge in [-0.15, -0.1) is 0 Å². The van der Waals surface area contributed by atoms with E-state index in [0.29, 0.717) is 5.75 Å². The minimum Gasteiger partial charge on any atom is -0.469 e. The Labute approximate surface area is 101 Å². The molecule has 1 rings (SSSR count). The molecule has 0 fully saturated rings. The van der Waals surface area contributed by atoms with Gasteiger partial charge in [0.05, 0.1) is 7.11 Å². The van der Waals surface area contributed by atoms with Crippen molar-refractivity contribution in [1.82, 2.24) is 0 Å². The molecule has 2 N–H and O–H groups in total. The molecule has 0 saturated heterocycles. The normalized spacial score (nSPS) is 15.9. The lowest BCUT2D eigenvalue weighted by Gasteiger charge is -2.27. The fraction of sp³-hybridized carbons (Fsp3) is 0.364. The molecule has 6 heteroatoms. The van der Waals surface area contributed by atoms with E-state index < -0.39 is 25.8 Å². The van der Waals surface area contributed by atoms with E-state index in [4.69, 9.17) is 10.5 Å². The van der Waals surface area contributed by atoms with Gasteiger partial charge in [0.15, 0.2) is 0 Å². The molecule has 0 aliphatic carbocycles. The van der Waals surface area contributed by atoms with E-state index in [2.05, 4.69) is 4.74 Å². The van der Waals surface area contributed by atoms with E-state index in [1.807, 2.05) is 6.07 Å². The van der Waals surface area contributed by atoms with Gasteiger partial charge in [0.25, 0.3) is 5.47 Å². The highest BCUT2D eigenvalue weighted by Crippen LogP contribution is 2.30. The number of carbonyl (C=O) groups excluding carboxylic acids is 1. The Morgan fingerprint density at radius 1 is 1.41 bits per heavy atom. The van der Waals surface area contributed by atoms with Gasteiger partial charge in [-0.2, -0.15) is 0 Å². The fourth-order valence-corrected chi connectivity index (χ4v) is 1.62. The summed E-state index contributed by atoms with van der Waals surface area (Å²) in [6, 6.07) is 8.64. The highest BCUT2D eigenvalue weighted by atomic mass is 31.1. The van der Waals surface area contributed by atoms with Gasteiger partial charge in [0.1, 0.15) is 11.7 Å². The maximum Gasteiger partial charge on any atom is 0.314 e. The molecule has 5 nitrogen and oxygen atoms in total. The molecule has 2 unspecified atom stereocenters. The number of carbonyl (C=O) groups is 1. The summed E-state index contributed by atoms with van der Waals surface area (Å²) in [5.74, 6) is -0.993. The van der Waals surface area contributed by atoms with Crippen LogP contribution in [0.2, 0.25) is 0 Å². The Morgan fingerprint density at radius 3 is 2.47 bits per heavy atom. The van der Waals surface area contributed by atoms with Crippen molar-refractivity contribution in [2.24, 2.45) is 11.7 Å². The largest absolute Gasteiger partial charge is 0.469 e. The summed E-state index contributed by atoms with van der Waals surface area (Å²) in [6.07, 6.45) is 0. The highest BCUT2D eigenvalue weighted by molar-refractivity contribution is 7.25. The second-order valence-electron chi connectivity index (χ2n) is 3.50. The smallest absolute Gasteiger partial charge is 0.314 e. The first-order valence-electron chi connectivity index (χ1n) is 4.98. The number of hydrogen-bond acceptors (Lipinski definition) is 5. The van der Waals surface area contributed by atoms with Crippen molar-refractivity contribution in [2.45, 2.75) is 12.4 Å². The molecule has 0 amide bonds. The van der Waals surface area contributed by atoms with Crippen LogP contribution >= 0.6 is 8.46 Å². The van der Waals surface area contributed by atoms with Crippen molar-refractivity contribution in [3.63, 3.8) is 0 Å². The summed E-state index contributed by atoms with van der Waals surface area (Å²) in [6.45, 7) is 1.50. The number of para-hydroxylation sites is 1. The first-order valence-corrected chi connectivity index (χ1v) is 5.80. The molecule has 0 aliphatic rings. The van der Waals surface area contributed by atoms with Crippen LogP contribution < -0.4 is 10.5 Å². The molecule has 0 heterocycles. The van der Waals surface area contributed by atoms with Gasteiger partial charge < -0.3 is 9.47 Å². The summed E-state index contributed by atoms with van der Waals surface area (Å²) < 4.78 is 21.1. The van der Waals surface area contributed by atoms with E-state index in [0.717, 1.165) is 0 Å². The number of methoxy groups -OCH3 is 1. The van der Waals surface area contributed by atoms with Gasteiger partial charge in [0, 0.05) is 0 Å². The zero-order valence-corrected chi connectivity index (χ0v) is 10.5. The van der Waals surface area contributed by atoms with Crippen molar-refractivity contribution >= 4 is 14.4 Å². The van der Waals surface area contributed by atoms with Crippen LogP contribution in [0.5, 0.6) is 5.75 Å². The summed E-state index contributed by atoms with van der Waals surface area (Å²) in [5, 5.41) is 0. The van der Waals surface area contributed by atoms with Gasteiger partial charge in [-0.05, 0) is 19.1 Å². The lowest BCUT2D eigenvalue weighted by Crippen LogP contribution is -2.49. The highest BCUT2D eigenvalue weighted by Gasteiger charge is 2.41. The Bertz CT molecular complexity index is 398. The lowest BCUT2D eigenvalue weighted by atomic mass is 10.1. The number of esters is 1. The maximum absolute atomic E-state index is 11.4. The molecule has 0 saturated carbocycles. The molecular formula is C11H14NO4P. The van der Waals surface area contributed by atoms with Gasteiger partial charge in [-0.25, -0.2) is 0 Å². The third-order valence-corrected chi connectivity index (χ3v) is 3.11. The minimum absolute atomic E-state index is 0.439. The number of benzene rings is 1. The van der Waals surface area contributed by atoms with Crippen LogP contribution in [-0.4, -0.2) is 18.5 Å². The quantitative estimate of drug-likeness (QED) is 0.493. The van der Waals surface area contributed by atoms with Crippen LogP contribution in [0.4, 0.5) is 0 Å². The van der Waals surface area contributed by atoms with Crippen LogP contribution in [0.15, 0.2) is 30.3 Å². The molecule has 0 aromatic heterocycles. The van der Waals surface area contributed by atoms with Gasteiger partial charge in [-0.3, -0.25) is 15.1 Å². The molecule has 0 bridgehead atoms. The molecule has 2 atom stereocenters. The summed E-state index contributed by atoms with van der Waals surface area (Å²) in [4.78, 5) is 11.4. The third kappa shape index (κ3) is 3.25. The molecule has 0 radical (unpaired) electrons. The summed E-state index contributed by atoms with van der Waals surface area (Å²) in [7, 11) is 0.755. The lowest BCUT2D eigenvalue weighted by molar-refractivity contribution is -0.149. The zero-order valence-electron chi connectivity index (χ0n) is 9.62. The van der Waals surface area contributed by atoms with Crippen LogP contribution in [-0.2, 0) is 14.1 Å². The summed E-state index contributed by atoms with van der Waals surface area (Å²) in [5.41, 5.74) is 4.17. The van der Waals surface area contributed by atoms with Crippen LogP contribution in [0.3, 0.4) is 0 Å². The number of ether oxygens (including phenoxy) is 2. The molecule has 0 aliphatic heterocycles. The van der Waals surface area contributed by atoms with E-state index in [-0.39, 0.29) is 0 Å². The molecule has 1 aromatic carbocycles. The van der Waals surface area contributed by atoms with Crippen molar-refractivity contribution < 1.29 is 18.8 Å². The molecule has 0 spiro atoms. The van der Waals surface area contributed by atoms with Gasteiger partial charge in [0.2, 0.25) is 8.46 Å². The first-order chi connectivity index (χ1) is 8.03. The van der Waals surface area contributed by atoms with Crippen LogP contribution in [0.25, 0.3) is 0 Å². The Balaban J connectivity index is 2.89. The van der Waals surface area contributed by atoms with E-state index in [1.165, 1.54) is 14.0 Å². The predicted octanol–water partition coefficient (Wildman–Crippen LogP) is 1.78. The summed E-state index contributed by atoms with van der Waals surface area (Å²) >= 11 is 0. The SMILES string of the molecule is COC(=O)C(C)C(N)(Oc1ccccc1)P=O. The Kier molecular flexibility index (Phi) is 4.61. The Hall–Kier alpha value is -1.45. The number of nitrogens with two attached hydrogens (primary N) is 1. The topological polar surface area (TPSA) is 78.6 Å². The second kappa shape index (κ2) is 5.75. The minimum atomic E-state index is -1.63. The molecule has 92 valence electrons. The van der Waals surface area contributed by atoms with Crippen molar-refractivity contribution in [3.8, 4) is 5.75 Å². The average Bonchev–Trinajstić information content (AvgIpc) is 2.37. The number of rotatable bonds is 5. The molecule has 1 aromatic rings. The standard InChI is InChI=1S/C11H14NO4P/c1-8(10(13)15-2)11(12,17-14)16-9-6-4-3-5-7-9/h3-8H,12H2,1-2H3. The van der Waals surface area contributed by atoms with Crippen molar-refractivity contribution in [2.75, 3.05) is 7.11 Å². The first kappa shape index (κ1) is 13.6. The van der Waals surface area contributed by atoms with Crippen molar-refractivity contribution in [1.29, 1.82) is 0 Å². The van der Waals surface area contributed by atoms with Crippen LogP contribution in [0, 0.1) is 5.92 Å². The monoisotopic (exact) mass is 255 g/mol. The number of hydrogen-bond donors (Lipinski definition) is 1. The van der Waals surface area contributed by atoms with E-state index >= 15 is 0 Å². The average molecular weight is 255 g/mol. The van der Waals surface area contributed by atoms with Gasteiger partial charge >= 0.3 is 5.97 Å². The van der Waals surface area contributed by atoms with Crippen molar-refractivity contribution in [3.05, 3.63) is 30.3 Å². The Morgan fingerprint density at radius 2 is 2.00 bits per heavy atom. The third-order valence-electron chi connectivity index (χ3n) is 2.34. The van der Waals surface area contributed by atoms with E-state index in [1.54, 1.807) is 24.3 Å². The molecule has 17 heavy (non-hydrogen) atoms.